The molecule has 2 amide bonds. The van der Waals surface area contributed by atoms with Crippen LogP contribution in [0.1, 0.15) is 12.8 Å². The number of tetrazole rings is 1. The normalized spacial score (nSPS) is 23.5. The Labute approximate surface area is 208 Å². The average molecular weight is 519 g/mol. The van der Waals surface area contributed by atoms with E-state index >= 15 is 0 Å². The second kappa shape index (κ2) is 9.51. The molecule has 2 atom stereocenters. The number of aromatic nitrogens is 4. The van der Waals surface area contributed by atoms with Gasteiger partial charge < -0.3 is 19.9 Å². The third-order valence-corrected chi connectivity index (χ3v) is 8.06. The van der Waals surface area contributed by atoms with Crippen molar-refractivity contribution in [1.29, 1.82) is 0 Å². The van der Waals surface area contributed by atoms with Crippen molar-refractivity contribution in [2.75, 3.05) is 18.1 Å². The fourth-order valence-electron chi connectivity index (χ4n) is 3.81. The van der Waals surface area contributed by atoms with E-state index in [0.717, 1.165) is 12.8 Å². The Bertz CT molecular complexity index is 1190. The fourth-order valence-corrected chi connectivity index (χ4v) is 6.19. The number of fused-ring (bicyclic) bond motifs is 1. The molecule has 1 saturated heterocycles. The van der Waals surface area contributed by atoms with Gasteiger partial charge in [0, 0.05) is 18.6 Å². The number of para-hydroxylation sites is 1. The number of hydrogen-bond acceptors (Lipinski definition) is 10. The molecule has 3 aliphatic rings. The lowest BCUT2D eigenvalue weighted by atomic mass is 9.98. The number of nitrogens with one attached hydrogen (secondary N) is 1. The van der Waals surface area contributed by atoms with Gasteiger partial charge in [0.25, 0.3) is 17.5 Å². The van der Waals surface area contributed by atoms with Gasteiger partial charge in [-0.05, 0) is 41.0 Å². The number of ether oxygens (including phenoxy) is 2. The molecule has 1 aliphatic carbocycles. The standard InChI is InChI=1S/C21H22N6O6S2/c1-26-20(23-24-25-26)35-11-12-10-34-19-21(33-14-7-8-14,18(31)27(19)16(12)17(29)30)22-15(28)9-32-13-5-3-2-4-6-13/h2-6,14,19H,7-11H2,1H3,(H,22,28)(H,29,30)/t19-,21?/m0/s1. The lowest BCUT2D eigenvalue weighted by Gasteiger charge is -2.56. The Kier molecular flexibility index (Phi) is 6.42. The van der Waals surface area contributed by atoms with Crippen molar-refractivity contribution in [1.82, 2.24) is 30.4 Å². The number of rotatable bonds is 10. The van der Waals surface area contributed by atoms with E-state index in [1.165, 1.54) is 33.1 Å². The number of amides is 2. The highest BCUT2D eigenvalue weighted by atomic mass is 32.2. The Morgan fingerprint density at radius 3 is 2.74 bits per heavy atom. The highest BCUT2D eigenvalue weighted by Gasteiger charge is 2.68. The van der Waals surface area contributed by atoms with Gasteiger partial charge in [-0.15, -0.1) is 16.9 Å². The van der Waals surface area contributed by atoms with Crippen molar-refractivity contribution in [3.63, 3.8) is 0 Å². The van der Waals surface area contributed by atoms with Crippen LogP contribution in [-0.4, -0.2) is 83.3 Å². The second-order valence-electron chi connectivity index (χ2n) is 8.17. The van der Waals surface area contributed by atoms with Crippen molar-refractivity contribution in [2.45, 2.75) is 35.2 Å². The first-order valence-corrected chi connectivity index (χ1v) is 12.8. The van der Waals surface area contributed by atoms with E-state index in [9.17, 15) is 19.5 Å². The van der Waals surface area contributed by atoms with E-state index in [2.05, 4.69) is 20.8 Å². The Hall–Kier alpha value is -3.10. The van der Waals surface area contributed by atoms with Crippen molar-refractivity contribution in [3.05, 3.63) is 41.6 Å². The summed E-state index contributed by atoms with van der Waals surface area (Å²) in [4.78, 5) is 39.6. The van der Waals surface area contributed by atoms with Crippen LogP contribution in [-0.2, 0) is 26.2 Å². The van der Waals surface area contributed by atoms with E-state index < -0.39 is 28.9 Å². The molecular formula is C21H22N6O6S2. The monoisotopic (exact) mass is 518 g/mol. The second-order valence-corrected chi connectivity index (χ2v) is 10.2. The zero-order valence-electron chi connectivity index (χ0n) is 18.6. The number of thioether (sulfide) groups is 2. The predicted molar refractivity (Wildman–Crippen MR) is 124 cm³/mol. The smallest absolute Gasteiger partial charge is 0.352 e. The molecule has 1 unspecified atom stereocenters. The van der Waals surface area contributed by atoms with Crippen LogP contribution in [0.3, 0.4) is 0 Å². The number of carboxylic acid groups (broad SMARTS) is 1. The van der Waals surface area contributed by atoms with Gasteiger partial charge in [-0.25, -0.2) is 9.48 Å². The van der Waals surface area contributed by atoms with Gasteiger partial charge in [-0.2, -0.15) is 0 Å². The molecule has 0 spiro atoms. The first kappa shape index (κ1) is 23.6. The fraction of sp³-hybridized carbons (Fsp3) is 0.429. The van der Waals surface area contributed by atoms with Gasteiger partial charge in [0.15, 0.2) is 6.61 Å². The molecular weight excluding hydrogens is 496 g/mol. The van der Waals surface area contributed by atoms with E-state index in [1.54, 1.807) is 31.3 Å². The van der Waals surface area contributed by atoms with Crippen LogP contribution >= 0.6 is 23.5 Å². The highest BCUT2D eigenvalue weighted by Crippen LogP contribution is 2.49. The number of carbonyl (C=O) groups excluding carboxylic acids is 2. The minimum atomic E-state index is -1.63. The van der Waals surface area contributed by atoms with Gasteiger partial charge >= 0.3 is 5.97 Å². The molecule has 2 aliphatic heterocycles. The maximum Gasteiger partial charge on any atom is 0.352 e. The summed E-state index contributed by atoms with van der Waals surface area (Å²) >= 11 is 2.63. The molecule has 1 saturated carbocycles. The summed E-state index contributed by atoms with van der Waals surface area (Å²) in [6, 6.07) is 8.84. The number of benzene rings is 1. The van der Waals surface area contributed by atoms with Gasteiger partial charge in [0.1, 0.15) is 16.8 Å². The maximum atomic E-state index is 13.4. The Morgan fingerprint density at radius 2 is 2.09 bits per heavy atom. The number of hydrogen-bond donors (Lipinski definition) is 2. The first-order chi connectivity index (χ1) is 16.9. The SMILES string of the molecule is Cn1nnnc1SCC1=C(C(=O)O)N2C(=O)C(NC(=O)COc3ccccc3)(OC3CC3)[C@@H]2SC1. The van der Waals surface area contributed by atoms with Crippen molar-refractivity contribution in [2.24, 2.45) is 7.05 Å². The number of carboxylic acids is 1. The minimum Gasteiger partial charge on any atom is -0.484 e. The molecule has 3 heterocycles. The summed E-state index contributed by atoms with van der Waals surface area (Å²) in [5.41, 5.74) is -1.15. The number of aryl methyl sites for hydroxylation is 1. The third kappa shape index (κ3) is 4.60. The van der Waals surface area contributed by atoms with E-state index in [0.29, 0.717) is 28.0 Å². The zero-order chi connectivity index (χ0) is 24.6. The van der Waals surface area contributed by atoms with Gasteiger partial charge in [0.05, 0.1) is 6.10 Å². The summed E-state index contributed by atoms with van der Waals surface area (Å²) in [6.07, 6.45) is 1.39. The van der Waals surface area contributed by atoms with Crippen molar-refractivity contribution in [3.8, 4) is 5.75 Å². The topological polar surface area (TPSA) is 149 Å². The summed E-state index contributed by atoms with van der Waals surface area (Å²) in [5.74, 6) is -1.18. The summed E-state index contributed by atoms with van der Waals surface area (Å²) in [5, 5.41) is 23.7. The molecule has 1 aromatic heterocycles. The van der Waals surface area contributed by atoms with Crippen molar-refractivity contribution < 1.29 is 29.0 Å². The Balaban J connectivity index is 1.33. The van der Waals surface area contributed by atoms with Crippen LogP contribution in [0.25, 0.3) is 0 Å². The Morgan fingerprint density at radius 1 is 1.31 bits per heavy atom. The highest BCUT2D eigenvalue weighted by molar-refractivity contribution is 8.01. The maximum absolute atomic E-state index is 13.4. The van der Waals surface area contributed by atoms with Crippen LogP contribution in [0, 0.1) is 0 Å². The van der Waals surface area contributed by atoms with Gasteiger partial charge in [-0.1, -0.05) is 30.0 Å². The summed E-state index contributed by atoms with van der Waals surface area (Å²) in [7, 11) is 1.69. The number of β-lactam (4-membered cyclic amide) rings is 1. The predicted octanol–water partition coefficient (Wildman–Crippen LogP) is 0.627. The molecule has 12 nitrogen and oxygen atoms in total. The quantitative estimate of drug-likeness (QED) is 0.259. The number of nitrogens with zero attached hydrogens (tertiary/aromatic N) is 5. The lowest BCUT2D eigenvalue weighted by Crippen LogP contribution is -2.81. The van der Waals surface area contributed by atoms with Crippen LogP contribution in [0.4, 0.5) is 0 Å². The zero-order valence-corrected chi connectivity index (χ0v) is 20.3. The molecule has 2 aromatic rings. The molecule has 1 aromatic carbocycles. The van der Waals surface area contributed by atoms with E-state index in [4.69, 9.17) is 9.47 Å². The molecule has 0 bridgehead atoms. The summed E-state index contributed by atoms with van der Waals surface area (Å²) < 4.78 is 13.0. The molecule has 35 heavy (non-hydrogen) atoms. The molecule has 184 valence electrons. The molecule has 14 heteroatoms. The molecule has 5 rings (SSSR count). The van der Waals surface area contributed by atoms with Gasteiger partial charge in [0.2, 0.25) is 5.16 Å². The molecule has 2 N–H and O–H groups in total. The average Bonchev–Trinajstić information content (AvgIpc) is 3.58. The summed E-state index contributed by atoms with van der Waals surface area (Å²) in [6.45, 7) is -0.306. The van der Waals surface area contributed by atoms with Crippen LogP contribution in [0.2, 0.25) is 0 Å². The van der Waals surface area contributed by atoms with Crippen LogP contribution < -0.4 is 10.1 Å². The number of aliphatic carboxylic acids is 1. The van der Waals surface area contributed by atoms with Gasteiger partial charge in [-0.3, -0.25) is 14.5 Å². The van der Waals surface area contributed by atoms with Crippen LogP contribution in [0.5, 0.6) is 5.75 Å². The first-order valence-electron chi connectivity index (χ1n) is 10.8. The van der Waals surface area contributed by atoms with E-state index in [1.807, 2.05) is 6.07 Å². The lowest BCUT2D eigenvalue weighted by molar-refractivity contribution is -0.201. The third-order valence-electron chi connectivity index (χ3n) is 5.58. The van der Waals surface area contributed by atoms with E-state index in [-0.39, 0.29) is 18.4 Å². The molecule has 0 radical (unpaired) electrons. The minimum absolute atomic E-state index is 0.0915. The largest absolute Gasteiger partial charge is 0.484 e. The molecule has 2 fully saturated rings. The van der Waals surface area contributed by atoms with Crippen molar-refractivity contribution >= 4 is 41.3 Å². The number of carbonyl (C=O) groups is 3. The van der Waals surface area contributed by atoms with Crippen LogP contribution in [0.15, 0.2) is 46.8 Å².